The molecule has 0 saturated heterocycles. The molecule has 0 atom stereocenters. The van der Waals surface area contributed by atoms with Crippen LogP contribution in [0.25, 0.3) is 0 Å². The molecule has 0 aliphatic heterocycles. The molecule has 62 valence electrons. The molecule has 0 heterocycles. The molecule has 4 heteroatoms. The summed E-state index contributed by atoms with van der Waals surface area (Å²) in [5, 5.41) is 8.38. The third kappa shape index (κ3) is 1.20. The highest BCUT2D eigenvalue weighted by molar-refractivity contribution is 5.06. The molecule has 0 unspecified atom stereocenters. The van der Waals surface area contributed by atoms with Crippen LogP contribution in [0.4, 0.5) is 13.2 Å². The van der Waals surface area contributed by atoms with Crippen LogP contribution in [-0.2, 0) is 0 Å². The minimum Gasteiger partial charge on any atom is -0.197 e. The monoisotopic (exact) mass is 163 g/mol. The van der Waals surface area contributed by atoms with Crippen LogP contribution in [0.3, 0.4) is 0 Å². The van der Waals surface area contributed by atoms with Gasteiger partial charge in [-0.15, -0.1) is 0 Å². The largest absolute Gasteiger partial charge is 0.407 e. The maximum Gasteiger partial charge on any atom is 0.407 e. The maximum atomic E-state index is 12.2. The van der Waals surface area contributed by atoms with Gasteiger partial charge in [-0.05, 0) is 12.8 Å². The zero-order valence-electron chi connectivity index (χ0n) is 5.91. The first-order chi connectivity index (χ1) is 5.02. The summed E-state index contributed by atoms with van der Waals surface area (Å²) >= 11 is 0. The molecule has 0 aromatic heterocycles. The lowest BCUT2D eigenvalue weighted by molar-refractivity contribution is -0.200. The minimum atomic E-state index is -4.34. The Morgan fingerprint density at radius 1 is 1.18 bits per heavy atom. The van der Waals surface area contributed by atoms with E-state index >= 15 is 0 Å². The fourth-order valence-electron chi connectivity index (χ4n) is 1.44. The smallest absolute Gasteiger partial charge is 0.197 e. The topological polar surface area (TPSA) is 23.8 Å². The van der Waals surface area contributed by atoms with E-state index in [-0.39, 0.29) is 12.8 Å². The first-order valence-electron chi connectivity index (χ1n) is 3.50. The highest BCUT2D eigenvalue weighted by atomic mass is 19.4. The van der Waals surface area contributed by atoms with E-state index < -0.39 is 11.6 Å². The number of nitrogens with zero attached hydrogens (tertiary/aromatic N) is 1. The van der Waals surface area contributed by atoms with Crippen LogP contribution < -0.4 is 0 Å². The molecule has 1 aliphatic rings. The lowest BCUT2D eigenvalue weighted by Crippen LogP contribution is -2.33. The molecule has 0 aromatic carbocycles. The summed E-state index contributed by atoms with van der Waals surface area (Å²) in [6.07, 6.45) is -3.33. The van der Waals surface area contributed by atoms with E-state index in [2.05, 4.69) is 0 Å². The lowest BCUT2D eigenvalue weighted by Gasteiger charge is -2.23. The van der Waals surface area contributed by atoms with Crippen LogP contribution in [0.15, 0.2) is 0 Å². The first kappa shape index (κ1) is 8.38. The van der Waals surface area contributed by atoms with Gasteiger partial charge in [-0.1, -0.05) is 12.8 Å². The molecule has 0 radical (unpaired) electrons. The fraction of sp³-hybridized carbons (Fsp3) is 0.857. The van der Waals surface area contributed by atoms with Gasteiger partial charge in [-0.3, -0.25) is 0 Å². The molecule has 0 amide bonds. The molecule has 0 aromatic rings. The average molecular weight is 163 g/mol. The number of nitriles is 1. The molecule has 1 aliphatic carbocycles. The molecule has 1 fully saturated rings. The van der Waals surface area contributed by atoms with Gasteiger partial charge in [-0.25, -0.2) is 0 Å². The van der Waals surface area contributed by atoms with E-state index in [0.29, 0.717) is 12.8 Å². The van der Waals surface area contributed by atoms with Crippen molar-refractivity contribution in [2.45, 2.75) is 31.9 Å². The second kappa shape index (κ2) is 2.40. The van der Waals surface area contributed by atoms with Crippen molar-refractivity contribution in [1.82, 2.24) is 0 Å². The van der Waals surface area contributed by atoms with Crippen molar-refractivity contribution in [2.75, 3.05) is 0 Å². The predicted molar refractivity (Wildman–Crippen MR) is 32.6 cm³/mol. The SMILES string of the molecule is N#CC1(C(F)(F)F)CCCC1. The van der Waals surface area contributed by atoms with Crippen molar-refractivity contribution >= 4 is 0 Å². The predicted octanol–water partition coefficient (Wildman–Crippen LogP) is 2.63. The summed E-state index contributed by atoms with van der Waals surface area (Å²) < 4.78 is 36.6. The Balaban J connectivity index is 2.86. The maximum absolute atomic E-state index is 12.2. The van der Waals surface area contributed by atoms with Gasteiger partial charge < -0.3 is 0 Å². The van der Waals surface area contributed by atoms with Crippen LogP contribution in [0.1, 0.15) is 25.7 Å². The van der Waals surface area contributed by atoms with Crippen molar-refractivity contribution < 1.29 is 13.2 Å². The van der Waals surface area contributed by atoms with Crippen LogP contribution in [0.5, 0.6) is 0 Å². The normalized spacial score (nSPS) is 23.1. The van der Waals surface area contributed by atoms with Crippen LogP contribution in [0, 0.1) is 16.7 Å². The third-order valence-corrected chi connectivity index (χ3v) is 2.21. The lowest BCUT2D eigenvalue weighted by atomic mass is 9.87. The number of hydrogen-bond acceptors (Lipinski definition) is 1. The molecule has 0 spiro atoms. The van der Waals surface area contributed by atoms with Gasteiger partial charge in [-0.2, -0.15) is 18.4 Å². The van der Waals surface area contributed by atoms with Gasteiger partial charge >= 0.3 is 6.18 Å². The van der Waals surface area contributed by atoms with Gasteiger partial charge in [0.25, 0.3) is 0 Å². The van der Waals surface area contributed by atoms with Crippen molar-refractivity contribution in [1.29, 1.82) is 5.26 Å². The Labute approximate surface area is 62.8 Å². The van der Waals surface area contributed by atoms with Gasteiger partial charge in [0.15, 0.2) is 5.41 Å². The van der Waals surface area contributed by atoms with E-state index in [9.17, 15) is 13.2 Å². The van der Waals surface area contributed by atoms with Crippen molar-refractivity contribution in [3.8, 4) is 6.07 Å². The van der Waals surface area contributed by atoms with Crippen LogP contribution in [-0.4, -0.2) is 6.18 Å². The van der Waals surface area contributed by atoms with Gasteiger partial charge in [0.1, 0.15) is 0 Å². The van der Waals surface area contributed by atoms with E-state index in [0.717, 1.165) is 0 Å². The minimum absolute atomic E-state index is 0.0208. The molecule has 0 N–H and O–H groups in total. The van der Waals surface area contributed by atoms with E-state index in [1.54, 1.807) is 0 Å². The Morgan fingerprint density at radius 3 is 1.82 bits per heavy atom. The summed E-state index contributed by atoms with van der Waals surface area (Å²) in [5.41, 5.74) is -2.02. The van der Waals surface area contributed by atoms with Gasteiger partial charge in [0, 0.05) is 0 Å². The quantitative estimate of drug-likeness (QED) is 0.538. The van der Waals surface area contributed by atoms with Gasteiger partial charge in [0.05, 0.1) is 6.07 Å². The Kier molecular flexibility index (Phi) is 1.83. The van der Waals surface area contributed by atoms with E-state index in [1.807, 2.05) is 0 Å². The van der Waals surface area contributed by atoms with E-state index in [1.165, 1.54) is 6.07 Å². The van der Waals surface area contributed by atoms with Crippen LogP contribution in [0.2, 0.25) is 0 Å². The highest BCUT2D eigenvalue weighted by Gasteiger charge is 2.56. The highest BCUT2D eigenvalue weighted by Crippen LogP contribution is 2.49. The summed E-state index contributed by atoms with van der Waals surface area (Å²) in [7, 11) is 0. The van der Waals surface area contributed by atoms with E-state index in [4.69, 9.17) is 5.26 Å². The molecule has 1 rings (SSSR count). The Morgan fingerprint density at radius 2 is 1.64 bits per heavy atom. The molecular weight excluding hydrogens is 155 g/mol. The summed E-state index contributed by atoms with van der Waals surface area (Å²) in [6, 6.07) is 1.39. The summed E-state index contributed by atoms with van der Waals surface area (Å²) in [4.78, 5) is 0. The average Bonchev–Trinajstić information content (AvgIpc) is 2.33. The molecular formula is C7H8F3N. The van der Waals surface area contributed by atoms with Crippen molar-refractivity contribution in [3.63, 3.8) is 0 Å². The van der Waals surface area contributed by atoms with Crippen molar-refractivity contribution in [2.24, 2.45) is 5.41 Å². The molecule has 1 saturated carbocycles. The standard InChI is InChI=1S/C7H8F3N/c8-7(9,10)6(5-11)3-1-2-4-6/h1-4H2. The first-order valence-corrected chi connectivity index (χ1v) is 3.50. The van der Waals surface area contributed by atoms with Crippen molar-refractivity contribution in [3.05, 3.63) is 0 Å². The second-order valence-electron chi connectivity index (χ2n) is 2.90. The Hall–Kier alpha value is -0.720. The third-order valence-electron chi connectivity index (χ3n) is 2.21. The fourth-order valence-corrected chi connectivity index (χ4v) is 1.44. The summed E-state index contributed by atoms with van der Waals surface area (Å²) in [6.45, 7) is 0. The molecule has 0 bridgehead atoms. The molecule has 11 heavy (non-hydrogen) atoms. The zero-order valence-corrected chi connectivity index (χ0v) is 5.91. The zero-order chi connectivity index (χ0) is 8.54. The number of rotatable bonds is 0. The number of alkyl halides is 3. The Bertz CT molecular complexity index is 183. The molecule has 1 nitrogen and oxygen atoms in total. The number of hydrogen-bond donors (Lipinski definition) is 0. The van der Waals surface area contributed by atoms with Gasteiger partial charge in [0.2, 0.25) is 0 Å². The number of halogens is 3. The van der Waals surface area contributed by atoms with Crippen LogP contribution >= 0.6 is 0 Å². The second-order valence-corrected chi connectivity index (χ2v) is 2.90. The summed E-state index contributed by atoms with van der Waals surface area (Å²) in [5.74, 6) is 0.